The molecule has 0 bridgehead atoms. The molecule has 2 unspecified atom stereocenters. The summed E-state index contributed by atoms with van der Waals surface area (Å²) in [5, 5.41) is 23.2. The number of hydrogen-bond donors (Lipinski definition) is 3. The molecular weight excluding hydrogens is 959 g/mol. The normalized spacial score (nSPS) is 12.7. The van der Waals surface area contributed by atoms with E-state index in [0.717, 1.165) is 44.9 Å². The van der Waals surface area contributed by atoms with E-state index in [4.69, 9.17) is 4.74 Å². The SMILES string of the molecule is CCCCCCCC/C=C\CCCCCCCC(=O)OCCCCCCCCCCCCCC/C=C\CCCCCCCCCCCCC(=O)NC(CO)C(O)/C=C/CCCCCCCCCCCCCCCCCCCC. The van der Waals surface area contributed by atoms with Crippen molar-refractivity contribution in [2.75, 3.05) is 13.2 Å². The molecule has 0 radical (unpaired) electrons. The molecule has 0 fully saturated rings. The van der Waals surface area contributed by atoms with Gasteiger partial charge in [0.05, 0.1) is 25.4 Å². The molecule has 0 spiro atoms. The number of allylic oxidation sites excluding steroid dienone is 5. The van der Waals surface area contributed by atoms with Gasteiger partial charge in [0.25, 0.3) is 0 Å². The first kappa shape index (κ1) is 76.1. The van der Waals surface area contributed by atoms with Crippen LogP contribution in [-0.2, 0) is 14.3 Å². The number of unbranched alkanes of at least 4 members (excludes halogenated alkanes) is 51. The fourth-order valence-electron chi connectivity index (χ4n) is 11.0. The number of hydrogen-bond acceptors (Lipinski definition) is 5. The van der Waals surface area contributed by atoms with Crippen molar-refractivity contribution < 1.29 is 24.5 Å². The summed E-state index contributed by atoms with van der Waals surface area (Å²) in [6.07, 6.45) is 86.5. The first-order valence-electron chi connectivity index (χ1n) is 35.3. The Morgan fingerprint density at radius 2 is 0.603 bits per heavy atom. The van der Waals surface area contributed by atoms with Gasteiger partial charge in [-0.25, -0.2) is 0 Å². The molecule has 0 aromatic carbocycles. The van der Waals surface area contributed by atoms with Crippen LogP contribution in [0.3, 0.4) is 0 Å². The van der Waals surface area contributed by atoms with Crippen LogP contribution in [0.15, 0.2) is 36.5 Å². The topological polar surface area (TPSA) is 95.9 Å². The lowest BCUT2D eigenvalue weighted by molar-refractivity contribution is -0.143. The van der Waals surface area contributed by atoms with Gasteiger partial charge in [-0.15, -0.1) is 0 Å². The minimum atomic E-state index is -0.847. The highest BCUT2D eigenvalue weighted by molar-refractivity contribution is 5.76. The molecule has 0 aliphatic carbocycles. The fraction of sp³-hybridized carbons (Fsp3) is 0.889. The first-order valence-corrected chi connectivity index (χ1v) is 35.3. The zero-order valence-electron chi connectivity index (χ0n) is 52.7. The van der Waals surface area contributed by atoms with Crippen molar-refractivity contribution in [3.63, 3.8) is 0 Å². The molecule has 0 heterocycles. The van der Waals surface area contributed by atoms with Crippen LogP contribution in [0.25, 0.3) is 0 Å². The summed E-state index contributed by atoms with van der Waals surface area (Å²) in [6.45, 7) is 4.93. The standard InChI is InChI=1S/C72H137NO5/c1-3-5-7-9-11-13-15-17-19-20-21-30-33-37-40-44-48-52-56-60-64-70(75)69(68-74)73-71(76)65-61-57-53-49-45-41-38-34-31-28-26-24-22-23-25-27-29-32-35-39-43-47-51-55-59-63-67-78-72(77)66-62-58-54-50-46-42-36-18-16-14-12-10-8-6-4-2/h18,22,24,36,60,64,69-70,74-75H,3-17,19-21,23,25-35,37-59,61-63,65-68H2,1-2H3,(H,73,76)/b24-22-,36-18-,64-60+. The maximum absolute atomic E-state index is 12.5. The average Bonchev–Trinajstić information content (AvgIpc) is 3.44. The van der Waals surface area contributed by atoms with E-state index in [2.05, 4.69) is 43.5 Å². The molecule has 0 saturated heterocycles. The Labute approximate surface area is 487 Å². The van der Waals surface area contributed by atoms with Gasteiger partial charge in [-0.2, -0.15) is 0 Å². The van der Waals surface area contributed by atoms with E-state index < -0.39 is 12.1 Å². The van der Waals surface area contributed by atoms with Crippen molar-refractivity contribution in [2.45, 2.75) is 398 Å². The summed E-state index contributed by atoms with van der Waals surface area (Å²) in [7, 11) is 0. The second-order valence-electron chi connectivity index (χ2n) is 24.2. The lowest BCUT2D eigenvalue weighted by Gasteiger charge is -2.20. The molecule has 2 atom stereocenters. The van der Waals surface area contributed by atoms with Gasteiger partial charge in [-0.1, -0.05) is 326 Å². The Kier molecular flexibility index (Phi) is 65.9. The largest absolute Gasteiger partial charge is 0.466 e. The Morgan fingerprint density at radius 3 is 0.910 bits per heavy atom. The second-order valence-corrected chi connectivity index (χ2v) is 24.2. The van der Waals surface area contributed by atoms with Crippen LogP contribution in [-0.4, -0.2) is 47.4 Å². The van der Waals surface area contributed by atoms with Crippen LogP contribution in [0.4, 0.5) is 0 Å². The van der Waals surface area contributed by atoms with Gasteiger partial charge in [0.2, 0.25) is 5.91 Å². The summed E-state index contributed by atoms with van der Waals surface area (Å²) in [5.74, 6) is -0.0602. The van der Waals surface area contributed by atoms with Gasteiger partial charge in [-0.3, -0.25) is 9.59 Å². The van der Waals surface area contributed by atoms with Crippen LogP contribution in [0.1, 0.15) is 386 Å². The second kappa shape index (κ2) is 67.6. The summed E-state index contributed by atoms with van der Waals surface area (Å²) in [5.41, 5.74) is 0. The van der Waals surface area contributed by atoms with Gasteiger partial charge < -0.3 is 20.3 Å². The predicted molar refractivity (Wildman–Crippen MR) is 343 cm³/mol. The maximum atomic E-state index is 12.5. The van der Waals surface area contributed by atoms with Gasteiger partial charge in [0.15, 0.2) is 0 Å². The Balaban J connectivity index is 3.42. The number of carbonyl (C=O) groups is 2. The van der Waals surface area contributed by atoms with Crippen LogP contribution in [0.2, 0.25) is 0 Å². The van der Waals surface area contributed by atoms with Gasteiger partial charge in [0.1, 0.15) is 0 Å². The number of carbonyl (C=O) groups excluding carboxylic acids is 2. The summed E-state index contributed by atoms with van der Waals surface area (Å²) in [4.78, 5) is 24.6. The number of esters is 1. The molecular formula is C72H137NO5. The highest BCUT2D eigenvalue weighted by atomic mass is 16.5. The molecule has 0 aliphatic heterocycles. The van der Waals surface area contributed by atoms with E-state index in [1.807, 2.05) is 6.08 Å². The molecule has 0 aromatic rings. The molecule has 6 nitrogen and oxygen atoms in total. The summed E-state index contributed by atoms with van der Waals surface area (Å²) >= 11 is 0. The Bertz CT molecular complexity index is 1260. The third-order valence-electron chi connectivity index (χ3n) is 16.4. The van der Waals surface area contributed by atoms with Crippen LogP contribution < -0.4 is 5.32 Å². The van der Waals surface area contributed by atoms with E-state index in [9.17, 15) is 19.8 Å². The number of ether oxygens (including phenoxy) is 1. The van der Waals surface area contributed by atoms with Crippen molar-refractivity contribution >= 4 is 11.9 Å². The number of aliphatic hydroxyl groups is 2. The van der Waals surface area contributed by atoms with Crippen LogP contribution in [0.5, 0.6) is 0 Å². The molecule has 0 saturated carbocycles. The fourth-order valence-corrected chi connectivity index (χ4v) is 11.0. The Morgan fingerprint density at radius 1 is 0.346 bits per heavy atom. The minimum Gasteiger partial charge on any atom is -0.466 e. The Hall–Kier alpha value is -1.92. The van der Waals surface area contributed by atoms with E-state index in [0.29, 0.717) is 19.4 Å². The van der Waals surface area contributed by atoms with E-state index in [1.165, 1.54) is 315 Å². The quantitative estimate of drug-likeness (QED) is 0.0320. The molecule has 3 N–H and O–H groups in total. The summed E-state index contributed by atoms with van der Waals surface area (Å²) in [6, 6.07) is -0.630. The molecule has 0 rings (SSSR count). The first-order chi connectivity index (χ1) is 38.5. The lowest BCUT2D eigenvalue weighted by atomic mass is 10.0. The number of nitrogens with one attached hydrogen (secondary N) is 1. The predicted octanol–water partition coefficient (Wildman–Crippen LogP) is 22.7. The van der Waals surface area contributed by atoms with Crippen molar-refractivity contribution in [3.05, 3.63) is 36.5 Å². The van der Waals surface area contributed by atoms with E-state index in [-0.39, 0.29) is 18.5 Å². The highest BCUT2D eigenvalue weighted by Crippen LogP contribution is 2.18. The van der Waals surface area contributed by atoms with Gasteiger partial charge in [0, 0.05) is 12.8 Å². The molecule has 0 aromatic heterocycles. The molecule has 6 heteroatoms. The zero-order valence-corrected chi connectivity index (χ0v) is 52.7. The monoisotopic (exact) mass is 1100 g/mol. The van der Waals surface area contributed by atoms with Gasteiger partial charge in [-0.05, 0) is 83.5 Å². The number of aliphatic hydroxyl groups excluding tert-OH is 2. The third kappa shape index (κ3) is 63.3. The zero-order chi connectivity index (χ0) is 56.4. The maximum Gasteiger partial charge on any atom is 0.305 e. The van der Waals surface area contributed by atoms with Crippen molar-refractivity contribution in [3.8, 4) is 0 Å². The number of amides is 1. The molecule has 0 aliphatic rings. The smallest absolute Gasteiger partial charge is 0.305 e. The van der Waals surface area contributed by atoms with Crippen molar-refractivity contribution in [1.29, 1.82) is 0 Å². The van der Waals surface area contributed by atoms with Crippen LogP contribution in [0, 0.1) is 0 Å². The van der Waals surface area contributed by atoms with Crippen molar-refractivity contribution in [2.24, 2.45) is 0 Å². The lowest BCUT2D eigenvalue weighted by Crippen LogP contribution is -2.45. The molecule has 78 heavy (non-hydrogen) atoms. The van der Waals surface area contributed by atoms with Crippen molar-refractivity contribution in [1.82, 2.24) is 5.32 Å². The minimum absolute atomic E-state index is 0.00642. The van der Waals surface area contributed by atoms with Gasteiger partial charge >= 0.3 is 5.97 Å². The van der Waals surface area contributed by atoms with E-state index in [1.54, 1.807) is 6.08 Å². The average molecular weight is 1100 g/mol. The third-order valence-corrected chi connectivity index (χ3v) is 16.4. The highest BCUT2D eigenvalue weighted by Gasteiger charge is 2.18. The molecule has 1 amide bonds. The van der Waals surface area contributed by atoms with Crippen LogP contribution >= 0.6 is 0 Å². The molecule has 460 valence electrons. The summed E-state index contributed by atoms with van der Waals surface area (Å²) < 4.78 is 5.49. The van der Waals surface area contributed by atoms with E-state index >= 15 is 0 Å². The number of rotatable bonds is 66.